The number of hydrogen-bond acceptors (Lipinski definition) is 4. The van der Waals surface area contributed by atoms with Gasteiger partial charge in [-0.2, -0.15) is 0 Å². The lowest BCUT2D eigenvalue weighted by atomic mass is 9.92. The van der Waals surface area contributed by atoms with Crippen LogP contribution in [-0.2, 0) is 0 Å². The SMILES string of the molecule is CCNC(=O)c1ccc(NC2CCC(C)(C)C2)nn1. The summed E-state index contributed by atoms with van der Waals surface area (Å²) in [6.45, 7) is 7.05. The molecule has 0 aromatic carbocycles. The highest BCUT2D eigenvalue weighted by Gasteiger charge is 2.30. The zero-order valence-corrected chi connectivity index (χ0v) is 11.9. The van der Waals surface area contributed by atoms with Crippen LogP contribution in [0.5, 0.6) is 0 Å². The number of carbonyl (C=O) groups is 1. The van der Waals surface area contributed by atoms with E-state index in [1.807, 2.05) is 13.0 Å². The molecule has 1 aliphatic carbocycles. The number of aromatic nitrogens is 2. The summed E-state index contributed by atoms with van der Waals surface area (Å²) in [6, 6.07) is 3.99. The highest BCUT2D eigenvalue weighted by Crippen LogP contribution is 2.37. The van der Waals surface area contributed by atoms with Gasteiger partial charge in [-0.3, -0.25) is 4.79 Å². The van der Waals surface area contributed by atoms with E-state index in [0.717, 1.165) is 18.7 Å². The van der Waals surface area contributed by atoms with Crippen LogP contribution >= 0.6 is 0 Å². The Balaban J connectivity index is 1.94. The molecule has 0 radical (unpaired) electrons. The minimum Gasteiger partial charge on any atom is -0.366 e. The van der Waals surface area contributed by atoms with Gasteiger partial charge in [-0.25, -0.2) is 0 Å². The fourth-order valence-corrected chi connectivity index (χ4v) is 2.55. The maximum atomic E-state index is 11.6. The fourth-order valence-electron chi connectivity index (χ4n) is 2.55. The van der Waals surface area contributed by atoms with Crippen LogP contribution < -0.4 is 10.6 Å². The third kappa shape index (κ3) is 3.66. The van der Waals surface area contributed by atoms with E-state index >= 15 is 0 Å². The van der Waals surface area contributed by atoms with Crippen molar-refractivity contribution < 1.29 is 4.79 Å². The first-order chi connectivity index (χ1) is 9.00. The lowest BCUT2D eigenvalue weighted by Crippen LogP contribution is -2.24. The quantitative estimate of drug-likeness (QED) is 0.873. The second-order valence-electron chi connectivity index (χ2n) is 5.91. The van der Waals surface area contributed by atoms with Gasteiger partial charge in [0.15, 0.2) is 5.69 Å². The second-order valence-corrected chi connectivity index (χ2v) is 5.91. The summed E-state index contributed by atoms with van der Waals surface area (Å²) >= 11 is 0. The van der Waals surface area contributed by atoms with E-state index in [-0.39, 0.29) is 5.91 Å². The van der Waals surface area contributed by atoms with Gasteiger partial charge in [0.1, 0.15) is 5.82 Å². The zero-order valence-electron chi connectivity index (χ0n) is 11.9. The van der Waals surface area contributed by atoms with Gasteiger partial charge >= 0.3 is 0 Å². The third-order valence-electron chi connectivity index (χ3n) is 3.56. The molecule has 19 heavy (non-hydrogen) atoms. The fraction of sp³-hybridized carbons (Fsp3) is 0.643. The topological polar surface area (TPSA) is 66.9 Å². The van der Waals surface area contributed by atoms with E-state index in [0.29, 0.717) is 23.7 Å². The van der Waals surface area contributed by atoms with Crippen molar-refractivity contribution in [3.05, 3.63) is 17.8 Å². The number of amides is 1. The molecule has 1 heterocycles. The van der Waals surface area contributed by atoms with Gasteiger partial charge in [0.05, 0.1) is 0 Å². The Morgan fingerprint density at radius 1 is 1.42 bits per heavy atom. The van der Waals surface area contributed by atoms with Crippen molar-refractivity contribution in [1.82, 2.24) is 15.5 Å². The second kappa shape index (κ2) is 5.55. The Kier molecular flexibility index (Phi) is 4.02. The van der Waals surface area contributed by atoms with Crippen LogP contribution in [0.25, 0.3) is 0 Å². The molecule has 0 aliphatic heterocycles. The number of anilines is 1. The van der Waals surface area contributed by atoms with Crippen LogP contribution in [0.3, 0.4) is 0 Å². The molecule has 0 saturated heterocycles. The highest BCUT2D eigenvalue weighted by atomic mass is 16.1. The molecule has 1 aromatic rings. The Morgan fingerprint density at radius 3 is 2.74 bits per heavy atom. The molecule has 5 nitrogen and oxygen atoms in total. The summed E-state index contributed by atoms with van der Waals surface area (Å²) in [4.78, 5) is 11.6. The summed E-state index contributed by atoms with van der Waals surface area (Å²) in [5.41, 5.74) is 0.769. The van der Waals surface area contributed by atoms with Gasteiger partial charge in [0.2, 0.25) is 0 Å². The molecule has 2 rings (SSSR count). The van der Waals surface area contributed by atoms with Crippen molar-refractivity contribution in [3.63, 3.8) is 0 Å². The first-order valence-electron chi connectivity index (χ1n) is 6.88. The zero-order chi connectivity index (χ0) is 13.9. The van der Waals surface area contributed by atoms with Crippen molar-refractivity contribution in [2.75, 3.05) is 11.9 Å². The maximum absolute atomic E-state index is 11.6. The minimum atomic E-state index is -0.177. The summed E-state index contributed by atoms with van der Waals surface area (Å²) in [5.74, 6) is 0.569. The average molecular weight is 262 g/mol. The molecule has 1 fully saturated rings. The Bertz CT molecular complexity index is 441. The van der Waals surface area contributed by atoms with Gasteiger partial charge < -0.3 is 10.6 Å². The molecule has 2 N–H and O–H groups in total. The molecule has 1 unspecified atom stereocenters. The lowest BCUT2D eigenvalue weighted by Gasteiger charge is -2.18. The predicted octanol–water partition coefficient (Wildman–Crippen LogP) is 2.22. The molecular formula is C14H22N4O. The monoisotopic (exact) mass is 262 g/mol. The van der Waals surface area contributed by atoms with Crippen molar-refractivity contribution >= 4 is 11.7 Å². The summed E-state index contributed by atoms with van der Waals surface area (Å²) in [7, 11) is 0. The van der Waals surface area contributed by atoms with Crippen molar-refractivity contribution in [1.29, 1.82) is 0 Å². The summed E-state index contributed by atoms with van der Waals surface area (Å²) < 4.78 is 0. The van der Waals surface area contributed by atoms with Crippen molar-refractivity contribution in [2.45, 2.75) is 46.1 Å². The molecule has 1 amide bonds. The van der Waals surface area contributed by atoms with Crippen LogP contribution in [0, 0.1) is 5.41 Å². The smallest absolute Gasteiger partial charge is 0.271 e. The van der Waals surface area contributed by atoms with E-state index in [4.69, 9.17) is 0 Å². The van der Waals surface area contributed by atoms with Crippen LogP contribution in [0.4, 0.5) is 5.82 Å². The summed E-state index contributed by atoms with van der Waals surface area (Å²) in [5, 5.41) is 14.1. The van der Waals surface area contributed by atoms with Crippen LogP contribution in [-0.4, -0.2) is 28.7 Å². The molecule has 0 bridgehead atoms. The highest BCUT2D eigenvalue weighted by molar-refractivity contribution is 5.92. The number of carbonyl (C=O) groups excluding carboxylic acids is 1. The number of nitrogens with zero attached hydrogens (tertiary/aromatic N) is 2. The Labute approximate surface area is 114 Å². The van der Waals surface area contributed by atoms with E-state index in [1.54, 1.807) is 6.07 Å². The average Bonchev–Trinajstić information content (AvgIpc) is 2.70. The van der Waals surface area contributed by atoms with Crippen molar-refractivity contribution in [2.24, 2.45) is 5.41 Å². The first-order valence-corrected chi connectivity index (χ1v) is 6.88. The lowest BCUT2D eigenvalue weighted by molar-refractivity contribution is 0.0950. The van der Waals surface area contributed by atoms with E-state index < -0.39 is 0 Å². The molecular weight excluding hydrogens is 240 g/mol. The van der Waals surface area contributed by atoms with E-state index in [9.17, 15) is 4.79 Å². The van der Waals surface area contributed by atoms with Crippen LogP contribution in [0.15, 0.2) is 12.1 Å². The molecule has 1 aromatic heterocycles. The minimum absolute atomic E-state index is 0.177. The molecule has 1 saturated carbocycles. The maximum Gasteiger partial charge on any atom is 0.271 e. The molecule has 5 heteroatoms. The van der Waals surface area contributed by atoms with Gasteiger partial charge in [-0.05, 0) is 43.7 Å². The first kappa shape index (κ1) is 13.8. The van der Waals surface area contributed by atoms with E-state index in [1.165, 1.54) is 6.42 Å². The van der Waals surface area contributed by atoms with Crippen LogP contribution in [0.1, 0.15) is 50.5 Å². The third-order valence-corrected chi connectivity index (χ3v) is 3.56. The number of rotatable bonds is 4. The van der Waals surface area contributed by atoms with Crippen LogP contribution in [0.2, 0.25) is 0 Å². The van der Waals surface area contributed by atoms with Gasteiger partial charge in [0, 0.05) is 12.6 Å². The molecule has 1 aliphatic rings. The summed E-state index contributed by atoms with van der Waals surface area (Å²) in [6.07, 6.45) is 3.54. The Hall–Kier alpha value is -1.65. The van der Waals surface area contributed by atoms with E-state index in [2.05, 4.69) is 34.7 Å². The molecule has 1 atom stereocenters. The molecule has 104 valence electrons. The Morgan fingerprint density at radius 2 is 2.21 bits per heavy atom. The normalized spacial score (nSPS) is 21.1. The van der Waals surface area contributed by atoms with Gasteiger partial charge in [-0.1, -0.05) is 13.8 Å². The van der Waals surface area contributed by atoms with Gasteiger partial charge in [0.25, 0.3) is 5.91 Å². The largest absolute Gasteiger partial charge is 0.366 e. The van der Waals surface area contributed by atoms with Gasteiger partial charge in [-0.15, -0.1) is 10.2 Å². The standard InChI is InChI=1S/C14H22N4O/c1-4-15-13(19)11-5-6-12(18-17-11)16-10-7-8-14(2,3)9-10/h5-6,10H,4,7-9H2,1-3H3,(H,15,19)(H,16,18). The predicted molar refractivity (Wildman–Crippen MR) is 75.1 cm³/mol. The molecule has 0 spiro atoms. The van der Waals surface area contributed by atoms with Crippen molar-refractivity contribution in [3.8, 4) is 0 Å². The number of nitrogens with one attached hydrogen (secondary N) is 2. The number of hydrogen-bond donors (Lipinski definition) is 2.